The number of carbonyl (C=O) groups is 4. The minimum atomic E-state index is -5.07. The molecule has 0 bridgehead atoms. The van der Waals surface area contributed by atoms with Crippen molar-refractivity contribution < 1.29 is 41.1 Å². The van der Waals surface area contributed by atoms with E-state index in [9.17, 15) is 41.1 Å². The van der Waals surface area contributed by atoms with Gasteiger partial charge in [0, 0.05) is 30.6 Å². The van der Waals surface area contributed by atoms with E-state index in [0.29, 0.717) is 23.3 Å². The number of hydrogen-bond donors (Lipinski definition) is 2. The van der Waals surface area contributed by atoms with E-state index in [-0.39, 0.29) is 24.9 Å². The number of nitrogens with one attached hydrogen (secondary N) is 2. The van der Waals surface area contributed by atoms with Crippen LogP contribution in [0.2, 0.25) is 0 Å². The maximum absolute atomic E-state index is 14.6. The summed E-state index contributed by atoms with van der Waals surface area (Å²) in [6, 6.07) is 6.44. The molecule has 4 amide bonds. The number of fused-ring (bicyclic) bond motifs is 1. The minimum absolute atomic E-state index is 0.0390. The maximum atomic E-state index is 14.6. The van der Waals surface area contributed by atoms with Gasteiger partial charge in [-0.2, -0.15) is 22.0 Å². The van der Waals surface area contributed by atoms with Crippen molar-refractivity contribution in [1.82, 2.24) is 15.5 Å². The number of rotatable bonds is 5. The van der Waals surface area contributed by atoms with Crippen LogP contribution in [-0.4, -0.2) is 34.6 Å². The fourth-order valence-corrected chi connectivity index (χ4v) is 4.16. The second-order valence-corrected chi connectivity index (χ2v) is 8.19. The lowest BCUT2D eigenvalue weighted by molar-refractivity contribution is -0.153. The highest BCUT2D eigenvalue weighted by Crippen LogP contribution is 2.39. The third-order valence-corrected chi connectivity index (χ3v) is 5.90. The maximum Gasteiger partial charge on any atom is 0.416 e. The van der Waals surface area contributed by atoms with Crippen molar-refractivity contribution in [2.45, 2.75) is 57.9 Å². The summed E-state index contributed by atoms with van der Waals surface area (Å²) in [5.74, 6) is -7.79. The summed E-state index contributed by atoms with van der Waals surface area (Å²) in [7, 11) is 0. The number of alkyl halides is 5. The molecule has 0 radical (unpaired) electrons. The Balaban J connectivity index is 0.00000186. The van der Waals surface area contributed by atoms with Crippen LogP contribution in [-0.2, 0) is 39.6 Å². The summed E-state index contributed by atoms with van der Waals surface area (Å²) >= 11 is 0. The zero-order valence-corrected chi connectivity index (χ0v) is 19.9. The van der Waals surface area contributed by atoms with Crippen molar-refractivity contribution in [1.29, 1.82) is 0 Å². The van der Waals surface area contributed by atoms with Gasteiger partial charge in [-0.05, 0) is 29.7 Å². The molecule has 0 saturated carbocycles. The van der Waals surface area contributed by atoms with Crippen molar-refractivity contribution in [3.05, 3.63) is 70.3 Å². The Morgan fingerprint density at radius 1 is 1.03 bits per heavy atom. The number of piperidine rings is 1. The van der Waals surface area contributed by atoms with E-state index < -0.39 is 59.4 Å². The van der Waals surface area contributed by atoms with Crippen LogP contribution in [0.5, 0.6) is 0 Å². The van der Waals surface area contributed by atoms with Crippen LogP contribution < -0.4 is 10.6 Å². The molecule has 1 atom stereocenters. The van der Waals surface area contributed by atoms with E-state index in [2.05, 4.69) is 5.32 Å². The summed E-state index contributed by atoms with van der Waals surface area (Å²) in [4.78, 5) is 49.6. The zero-order valence-electron chi connectivity index (χ0n) is 19.9. The van der Waals surface area contributed by atoms with E-state index in [4.69, 9.17) is 0 Å². The van der Waals surface area contributed by atoms with Gasteiger partial charge in [0.25, 0.3) is 11.8 Å². The summed E-state index contributed by atoms with van der Waals surface area (Å²) < 4.78 is 68.6. The zero-order chi connectivity index (χ0) is 27.5. The Hall–Kier alpha value is -3.83. The van der Waals surface area contributed by atoms with Crippen LogP contribution in [0.3, 0.4) is 0 Å². The van der Waals surface area contributed by atoms with Crippen molar-refractivity contribution >= 4 is 23.6 Å². The van der Waals surface area contributed by atoms with Crippen molar-refractivity contribution in [2.75, 3.05) is 0 Å². The fourth-order valence-electron chi connectivity index (χ4n) is 4.16. The van der Waals surface area contributed by atoms with Crippen LogP contribution in [0, 0.1) is 0 Å². The molecule has 4 rings (SSSR count). The molecule has 2 aromatic carbocycles. The molecule has 1 saturated heterocycles. The third kappa shape index (κ3) is 5.62. The Kier molecular flexibility index (Phi) is 7.99. The molecule has 1 unspecified atom stereocenters. The van der Waals surface area contributed by atoms with Gasteiger partial charge in [-0.1, -0.05) is 44.2 Å². The topological polar surface area (TPSA) is 95.6 Å². The second kappa shape index (κ2) is 10.7. The molecule has 37 heavy (non-hydrogen) atoms. The first-order valence-corrected chi connectivity index (χ1v) is 11.5. The molecule has 0 aromatic heterocycles. The van der Waals surface area contributed by atoms with Crippen LogP contribution >= 0.6 is 0 Å². The predicted octanol–water partition coefficient (Wildman–Crippen LogP) is 3.90. The standard InChI is InChI=1S/C23H18F5N3O4.C2H6/c24-22(25,15-3-1-2-4-16(15)23(26,27)28)21(35)29-10-12-5-6-14-13(9-12)11-31(20(14)34)17-7-8-18(32)30-19(17)33;1-2/h1-6,9,17H,7-8,10-11H2,(H,29,35)(H,30,32,33);1-2H3. The summed E-state index contributed by atoms with van der Waals surface area (Å²) in [6.07, 6.45) is -4.82. The van der Waals surface area contributed by atoms with Gasteiger partial charge >= 0.3 is 12.1 Å². The molecule has 2 N–H and O–H groups in total. The Bertz CT molecular complexity index is 1230. The van der Waals surface area contributed by atoms with Crippen LogP contribution in [0.15, 0.2) is 42.5 Å². The molecule has 2 aliphatic rings. The predicted molar refractivity (Wildman–Crippen MR) is 121 cm³/mol. The van der Waals surface area contributed by atoms with Gasteiger partial charge in [-0.15, -0.1) is 0 Å². The molecule has 1 fully saturated rings. The second-order valence-electron chi connectivity index (χ2n) is 8.19. The van der Waals surface area contributed by atoms with Crippen LogP contribution in [0.1, 0.15) is 59.3 Å². The van der Waals surface area contributed by atoms with E-state index in [0.717, 1.165) is 12.1 Å². The van der Waals surface area contributed by atoms with Crippen molar-refractivity contribution in [3.8, 4) is 0 Å². The van der Waals surface area contributed by atoms with E-state index in [1.54, 1.807) is 0 Å². The number of benzene rings is 2. The minimum Gasteiger partial charge on any atom is -0.346 e. The molecular formula is C25H24F5N3O4. The molecule has 0 aliphatic carbocycles. The third-order valence-electron chi connectivity index (χ3n) is 5.90. The summed E-state index contributed by atoms with van der Waals surface area (Å²) in [6.45, 7) is 3.61. The molecule has 2 aromatic rings. The van der Waals surface area contributed by atoms with Crippen molar-refractivity contribution in [2.24, 2.45) is 0 Å². The molecule has 7 nitrogen and oxygen atoms in total. The summed E-state index contributed by atoms with van der Waals surface area (Å²) in [5.41, 5.74) is -1.96. The first-order valence-electron chi connectivity index (χ1n) is 11.5. The van der Waals surface area contributed by atoms with Gasteiger partial charge in [-0.3, -0.25) is 24.5 Å². The number of hydrogen-bond acceptors (Lipinski definition) is 4. The van der Waals surface area contributed by atoms with E-state index in [1.807, 2.05) is 19.2 Å². The number of halogens is 5. The van der Waals surface area contributed by atoms with E-state index >= 15 is 0 Å². The van der Waals surface area contributed by atoms with Gasteiger partial charge in [0.2, 0.25) is 11.8 Å². The number of imide groups is 1. The van der Waals surface area contributed by atoms with Gasteiger partial charge in [0.1, 0.15) is 6.04 Å². The van der Waals surface area contributed by atoms with Gasteiger partial charge < -0.3 is 10.2 Å². The van der Waals surface area contributed by atoms with Gasteiger partial charge in [-0.25, -0.2) is 0 Å². The van der Waals surface area contributed by atoms with Gasteiger partial charge in [0.05, 0.1) is 5.56 Å². The highest BCUT2D eigenvalue weighted by atomic mass is 19.4. The molecule has 12 heteroatoms. The Morgan fingerprint density at radius 3 is 2.30 bits per heavy atom. The Morgan fingerprint density at radius 2 is 1.68 bits per heavy atom. The van der Waals surface area contributed by atoms with Crippen LogP contribution in [0.25, 0.3) is 0 Å². The lowest BCUT2D eigenvalue weighted by Gasteiger charge is -2.29. The van der Waals surface area contributed by atoms with E-state index in [1.165, 1.54) is 23.1 Å². The Labute approximate surface area is 209 Å². The van der Waals surface area contributed by atoms with Crippen LogP contribution in [0.4, 0.5) is 22.0 Å². The molecule has 2 heterocycles. The van der Waals surface area contributed by atoms with Crippen molar-refractivity contribution in [3.63, 3.8) is 0 Å². The quantitative estimate of drug-likeness (QED) is 0.457. The average molecular weight is 525 g/mol. The molecular weight excluding hydrogens is 501 g/mol. The van der Waals surface area contributed by atoms with Gasteiger partial charge in [0.15, 0.2) is 0 Å². The number of nitrogens with zero attached hydrogens (tertiary/aromatic N) is 1. The number of carbonyl (C=O) groups excluding carboxylic acids is 4. The molecule has 2 aliphatic heterocycles. The first kappa shape index (κ1) is 27.8. The summed E-state index contributed by atoms with van der Waals surface area (Å²) in [5, 5.41) is 4.13. The monoisotopic (exact) mass is 525 g/mol. The largest absolute Gasteiger partial charge is 0.416 e. The lowest BCUT2D eigenvalue weighted by Crippen LogP contribution is -2.52. The lowest BCUT2D eigenvalue weighted by atomic mass is 10.00. The molecule has 0 spiro atoms. The number of amides is 4. The molecule has 198 valence electrons. The smallest absolute Gasteiger partial charge is 0.346 e. The normalized spacial score (nSPS) is 17.5. The SMILES string of the molecule is CC.O=C1CCC(N2Cc3cc(CNC(=O)C(F)(F)c4ccccc4C(F)(F)F)ccc3C2=O)C(=O)N1. The average Bonchev–Trinajstić information content (AvgIpc) is 3.18. The fraction of sp³-hybridized carbons (Fsp3) is 0.360. The highest BCUT2D eigenvalue weighted by Gasteiger charge is 2.47. The highest BCUT2D eigenvalue weighted by molar-refractivity contribution is 6.05. The first-order chi connectivity index (χ1) is 17.4.